The summed E-state index contributed by atoms with van der Waals surface area (Å²) in [5.41, 5.74) is 0. The van der Waals surface area contributed by atoms with Crippen LogP contribution in [-0.4, -0.2) is 37.6 Å². The molecule has 0 spiro atoms. The SMILES string of the molecule is C=CC(=O)OCCN(C)CCCCCCCCCCCCCCCC. The lowest BCUT2D eigenvalue weighted by Gasteiger charge is -2.15. The average Bonchev–Trinajstić information content (AvgIpc) is 2.61. The van der Waals surface area contributed by atoms with Gasteiger partial charge in [0.05, 0.1) is 0 Å². The van der Waals surface area contributed by atoms with E-state index in [0.717, 1.165) is 13.1 Å². The number of ether oxygens (including phenoxy) is 1. The molecule has 0 aromatic carbocycles. The molecule has 0 radical (unpaired) electrons. The molecule has 0 aromatic heterocycles. The molecule has 0 aromatic rings. The molecule has 3 nitrogen and oxygen atoms in total. The van der Waals surface area contributed by atoms with E-state index in [1.54, 1.807) is 0 Å². The van der Waals surface area contributed by atoms with E-state index in [1.807, 2.05) is 0 Å². The lowest BCUT2D eigenvalue weighted by atomic mass is 10.0. The second-order valence-electron chi connectivity index (χ2n) is 7.27. The fraction of sp³-hybridized carbons (Fsp3) is 0.864. The van der Waals surface area contributed by atoms with Gasteiger partial charge >= 0.3 is 5.97 Å². The lowest BCUT2D eigenvalue weighted by Crippen LogP contribution is -2.25. The van der Waals surface area contributed by atoms with Gasteiger partial charge in [-0.1, -0.05) is 97.0 Å². The van der Waals surface area contributed by atoms with Crippen molar-refractivity contribution >= 4 is 5.97 Å². The Morgan fingerprint density at radius 3 is 1.68 bits per heavy atom. The van der Waals surface area contributed by atoms with Crippen LogP contribution in [0.4, 0.5) is 0 Å². The van der Waals surface area contributed by atoms with Crippen LogP contribution in [0.25, 0.3) is 0 Å². The van der Waals surface area contributed by atoms with E-state index in [9.17, 15) is 4.79 Å². The van der Waals surface area contributed by atoms with Gasteiger partial charge in [-0.05, 0) is 20.0 Å². The summed E-state index contributed by atoms with van der Waals surface area (Å²) >= 11 is 0. The van der Waals surface area contributed by atoms with E-state index in [-0.39, 0.29) is 5.97 Å². The fourth-order valence-corrected chi connectivity index (χ4v) is 3.05. The summed E-state index contributed by atoms with van der Waals surface area (Å²) in [5.74, 6) is -0.329. The Labute approximate surface area is 157 Å². The van der Waals surface area contributed by atoms with Gasteiger partial charge in [-0.15, -0.1) is 0 Å². The van der Waals surface area contributed by atoms with Crippen molar-refractivity contribution in [1.82, 2.24) is 4.90 Å². The van der Waals surface area contributed by atoms with Gasteiger partial charge < -0.3 is 9.64 Å². The second-order valence-corrected chi connectivity index (χ2v) is 7.27. The molecule has 0 atom stereocenters. The number of likely N-dealkylation sites (N-methyl/N-ethyl adjacent to an activating group) is 1. The van der Waals surface area contributed by atoms with E-state index < -0.39 is 0 Å². The average molecular weight is 354 g/mol. The Hall–Kier alpha value is -0.830. The van der Waals surface area contributed by atoms with Crippen LogP contribution >= 0.6 is 0 Å². The van der Waals surface area contributed by atoms with Crippen LogP contribution in [0.5, 0.6) is 0 Å². The summed E-state index contributed by atoms with van der Waals surface area (Å²) in [6.45, 7) is 8.02. The van der Waals surface area contributed by atoms with Gasteiger partial charge in [-0.3, -0.25) is 0 Å². The van der Waals surface area contributed by atoms with Crippen LogP contribution < -0.4 is 0 Å². The van der Waals surface area contributed by atoms with Crippen molar-refractivity contribution in [3.63, 3.8) is 0 Å². The number of esters is 1. The molecule has 148 valence electrons. The highest BCUT2D eigenvalue weighted by atomic mass is 16.5. The smallest absolute Gasteiger partial charge is 0.330 e. The number of rotatable bonds is 19. The van der Waals surface area contributed by atoms with E-state index in [0.29, 0.717) is 6.61 Å². The standard InChI is InChI=1S/C22H43NO2/c1-4-6-7-8-9-10-11-12-13-14-15-16-17-18-19-23(3)20-21-25-22(24)5-2/h5H,2,4,6-21H2,1,3H3. The van der Waals surface area contributed by atoms with E-state index in [1.165, 1.54) is 96.0 Å². The van der Waals surface area contributed by atoms with Crippen LogP contribution in [0.15, 0.2) is 12.7 Å². The fourth-order valence-electron chi connectivity index (χ4n) is 3.05. The maximum Gasteiger partial charge on any atom is 0.330 e. The molecule has 0 aliphatic carbocycles. The summed E-state index contributed by atoms with van der Waals surface area (Å²) in [6, 6.07) is 0. The van der Waals surface area contributed by atoms with Gasteiger partial charge in [0.15, 0.2) is 0 Å². The molecule has 0 unspecified atom stereocenters. The van der Waals surface area contributed by atoms with Gasteiger partial charge in [0.25, 0.3) is 0 Å². The highest BCUT2D eigenvalue weighted by Crippen LogP contribution is 2.12. The Balaban J connectivity index is 3.15. The van der Waals surface area contributed by atoms with E-state index >= 15 is 0 Å². The van der Waals surface area contributed by atoms with Crippen molar-refractivity contribution in [2.24, 2.45) is 0 Å². The van der Waals surface area contributed by atoms with E-state index in [4.69, 9.17) is 4.74 Å². The van der Waals surface area contributed by atoms with Gasteiger partial charge in [0, 0.05) is 12.6 Å². The van der Waals surface area contributed by atoms with Crippen LogP contribution in [0.1, 0.15) is 96.8 Å². The molecule has 0 saturated heterocycles. The van der Waals surface area contributed by atoms with Gasteiger partial charge in [0.2, 0.25) is 0 Å². The summed E-state index contributed by atoms with van der Waals surface area (Å²) in [7, 11) is 2.09. The first-order valence-electron chi connectivity index (χ1n) is 10.7. The number of carbonyl (C=O) groups excluding carboxylic acids is 1. The van der Waals surface area contributed by atoms with Crippen molar-refractivity contribution in [1.29, 1.82) is 0 Å². The molecule has 0 aliphatic rings. The molecule has 25 heavy (non-hydrogen) atoms. The first-order chi connectivity index (χ1) is 12.2. The molecule has 0 heterocycles. The van der Waals surface area contributed by atoms with Gasteiger partial charge in [0.1, 0.15) is 6.61 Å². The zero-order valence-corrected chi connectivity index (χ0v) is 17.1. The van der Waals surface area contributed by atoms with Crippen molar-refractivity contribution in [3.8, 4) is 0 Å². The maximum atomic E-state index is 10.9. The number of unbranched alkanes of at least 4 members (excludes halogenated alkanes) is 13. The molecule has 0 saturated carbocycles. The third-order valence-electron chi connectivity index (χ3n) is 4.78. The Bertz CT molecular complexity index is 304. The molecular formula is C22H43NO2. The second kappa shape index (κ2) is 19.5. The first-order valence-corrected chi connectivity index (χ1v) is 10.7. The van der Waals surface area contributed by atoms with Crippen LogP contribution in [0, 0.1) is 0 Å². The number of nitrogens with zero attached hydrogens (tertiary/aromatic N) is 1. The molecule has 0 amide bonds. The normalized spacial score (nSPS) is 11.0. The topological polar surface area (TPSA) is 29.5 Å². The highest BCUT2D eigenvalue weighted by Gasteiger charge is 2.00. The number of hydrogen-bond donors (Lipinski definition) is 0. The Kier molecular flexibility index (Phi) is 18.8. The predicted molar refractivity (Wildman–Crippen MR) is 109 cm³/mol. The summed E-state index contributed by atoms with van der Waals surface area (Å²) in [5, 5.41) is 0. The molecule has 0 N–H and O–H groups in total. The minimum atomic E-state index is -0.329. The number of carbonyl (C=O) groups is 1. The third kappa shape index (κ3) is 19.3. The first kappa shape index (κ1) is 24.2. The van der Waals surface area contributed by atoms with Crippen molar-refractivity contribution in [2.75, 3.05) is 26.7 Å². The monoisotopic (exact) mass is 353 g/mol. The third-order valence-corrected chi connectivity index (χ3v) is 4.78. The molecule has 3 heteroatoms. The maximum absolute atomic E-state index is 10.9. The summed E-state index contributed by atoms with van der Waals surface area (Å²) < 4.78 is 4.99. The largest absolute Gasteiger partial charge is 0.461 e. The number of hydrogen-bond acceptors (Lipinski definition) is 3. The van der Waals surface area contributed by atoms with Gasteiger partial charge in [-0.25, -0.2) is 4.79 Å². The molecule has 0 aliphatic heterocycles. The highest BCUT2D eigenvalue weighted by molar-refractivity contribution is 5.81. The molecule has 0 bridgehead atoms. The van der Waals surface area contributed by atoms with Gasteiger partial charge in [-0.2, -0.15) is 0 Å². The Morgan fingerprint density at radius 1 is 0.800 bits per heavy atom. The molecule has 0 rings (SSSR count). The quantitative estimate of drug-likeness (QED) is 0.159. The van der Waals surface area contributed by atoms with Crippen LogP contribution in [0.2, 0.25) is 0 Å². The van der Waals surface area contributed by atoms with Crippen LogP contribution in [0.3, 0.4) is 0 Å². The van der Waals surface area contributed by atoms with Crippen LogP contribution in [-0.2, 0) is 9.53 Å². The minimum absolute atomic E-state index is 0.329. The predicted octanol–water partition coefficient (Wildman–Crippen LogP) is 6.13. The van der Waals surface area contributed by atoms with Crippen molar-refractivity contribution < 1.29 is 9.53 Å². The molecule has 0 fully saturated rings. The molecular weight excluding hydrogens is 310 g/mol. The van der Waals surface area contributed by atoms with E-state index in [2.05, 4.69) is 25.5 Å². The zero-order valence-electron chi connectivity index (χ0n) is 17.1. The van der Waals surface area contributed by atoms with Crippen molar-refractivity contribution in [3.05, 3.63) is 12.7 Å². The van der Waals surface area contributed by atoms with Crippen molar-refractivity contribution in [2.45, 2.75) is 96.8 Å². The lowest BCUT2D eigenvalue weighted by molar-refractivity contribution is -0.138. The minimum Gasteiger partial charge on any atom is -0.461 e. The summed E-state index contributed by atoms with van der Waals surface area (Å²) in [6.07, 6.45) is 20.7. The zero-order chi connectivity index (χ0) is 18.6. The summed E-state index contributed by atoms with van der Waals surface area (Å²) in [4.78, 5) is 13.2. The Morgan fingerprint density at radius 2 is 1.24 bits per heavy atom.